The monoisotopic (exact) mass is 227 g/mol. The highest BCUT2D eigenvalue weighted by molar-refractivity contribution is 5.81. The number of amides is 1. The average Bonchev–Trinajstić information content (AvgIpc) is 2.26. The summed E-state index contributed by atoms with van der Waals surface area (Å²) in [5.41, 5.74) is 5.96. The van der Waals surface area contributed by atoms with Gasteiger partial charge in [0, 0.05) is 31.7 Å². The Morgan fingerprint density at radius 2 is 1.75 bits per heavy atom. The lowest BCUT2D eigenvalue weighted by molar-refractivity contribution is -0.135. The molecule has 0 saturated carbocycles. The summed E-state index contributed by atoms with van der Waals surface area (Å²) in [5.74, 6) is 0.107. The van der Waals surface area contributed by atoms with Crippen LogP contribution in [0.1, 0.15) is 34.1 Å². The SMILES string of the molecule is CCC(N)C(=O)N1CCN(C(C)(C)C)CC1. The van der Waals surface area contributed by atoms with Gasteiger partial charge in [0.25, 0.3) is 0 Å². The van der Waals surface area contributed by atoms with E-state index in [0.717, 1.165) is 32.6 Å². The Balaban J connectivity index is 2.46. The fraction of sp³-hybridized carbons (Fsp3) is 0.917. The summed E-state index contributed by atoms with van der Waals surface area (Å²) in [7, 11) is 0. The number of hydrogen-bond acceptors (Lipinski definition) is 3. The minimum Gasteiger partial charge on any atom is -0.339 e. The lowest BCUT2D eigenvalue weighted by Crippen LogP contribution is -2.57. The summed E-state index contributed by atoms with van der Waals surface area (Å²) in [6.07, 6.45) is 0.721. The molecule has 1 aliphatic heterocycles. The molecule has 0 spiro atoms. The maximum absolute atomic E-state index is 11.9. The molecule has 0 aromatic rings. The second-order valence-electron chi connectivity index (χ2n) is 5.50. The van der Waals surface area contributed by atoms with Crippen LogP contribution in [0.25, 0.3) is 0 Å². The van der Waals surface area contributed by atoms with Crippen molar-refractivity contribution in [3.8, 4) is 0 Å². The standard InChI is InChI=1S/C12H25N3O/c1-5-10(13)11(16)14-6-8-15(9-7-14)12(2,3)4/h10H,5-9,13H2,1-4H3. The van der Waals surface area contributed by atoms with Crippen LogP contribution in [0.4, 0.5) is 0 Å². The second-order valence-corrected chi connectivity index (χ2v) is 5.50. The molecule has 1 rings (SSSR count). The fourth-order valence-corrected chi connectivity index (χ4v) is 2.01. The Hall–Kier alpha value is -0.610. The maximum Gasteiger partial charge on any atom is 0.239 e. The highest BCUT2D eigenvalue weighted by Gasteiger charge is 2.29. The van der Waals surface area contributed by atoms with E-state index in [9.17, 15) is 4.79 Å². The van der Waals surface area contributed by atoms with Crippen molar-refractivity contribution in [2.45, 2.75) is 45.7 Å². The first kappa shape index (κ1) is 13.5. The minimum atomic E-state index is -0.318. The van der Waals surface area contributed by atoms with E-state index in [2.05, 4.69) is 25.7 Å². The number of piperazine rings is 1. The first-order valence-corrected chi connectivity index (χ1v) is 6.15. The molecule has 94 valence electrons. The van der Waals surface area contributed by atoms with Crippen LogP contribution < -0.4 is 5.73 Å². The van der Waals surface area contributed by atoms with E-state index in [1.807, 2.05) is 11.8 Å². The van der Waals surface area contributed by atoms with E-state index >= 15 is 0 Å². The summed E-state index contributed by atoms with van der Waals surface area (Å²) in [5, 5.41) is 0. The predicted molar refractivity (Wildman–Crippen MR) is 66.2 cm³/mol. The van der Waals surface area contributed by atoms with Crippen molar-refractivity contribution < 1.29 is 4.79 Å². The summed E-state index contributed by atoms with van der Waals surface area (Å²) in [6, 6.07) is -0.318. The van der Waals surface area contributed by atoms with E-state index in [0.29, 0.717) is 0 Å². The average molecular weight is 227 g/mol. The number of rotatable bonds is 2. The third kappa shape index (κ3) is 3.19. The van der Waals surface area contributed by atoms with E-state index in [1.165, 1.54) is 0 Å². The molecule has 0 aromatic heterocycles. The van der Waals surface area contributed by atoms with Crippen molar-refractivity contribution in [2.75, 3.05) is 26.2 Å². The summed E-state index contributed by atoms with van der Waals surface area (Å²) >= 11 is 0. The molecule has 2 N–H and O–H groups in total. The van der Waals surface area contributed by atoms with Gasteiger partial charge in [-0.15, -0.1) is 0 Å². The van der Waals surface area contributed by atoms with Gasteiger partial charge in [-0.25, -0.2) is 0 Å². The molecule has 1 aliphatic rings. The number of carbonyl (C=O) groups excluding carboxylic acids is 1. The Bertz CT molecular complexity index is 239. The second kappa shape index (κ2) is 5.15. The largest absolute Gasteiger partial charge is 0.339 e. The number of hydrogen-bond donors (Lipinski definition) is 1. The van der Waals surface area contributed by atoms with Gasteiger partial charge in [0.1, 0.15) is 0 Å². The van der Waals surface area contributed by atoms with Crippen LogP contribution in [-0.4, -0.2) is 53.5 Å². The van der Waals surface area contributed by atoms with Gasteiger partial charge in [-0.1, -0.05) is 6.92 Å². The Morgan fingerprint density at radius 1 is 1.25 bits per heavy atom. The van der Waals surface area contributed by atoms with Crippen LogP contribution in [-0.2, 0) is 4.79 Å². The van der Waals surface area contributed by atoms with E-state index in [1.54, 1.807) is 0 Å². The smallest absolute Gasteiger partial charge is 0.239 e. The van der Waals surface area contributed by atoms with Crippen LogP contribution in [0.2, 0.25) is 0 Å². The van der Waals surface area contributed by atoms with Crippen LogP contribution in [0, 0.1) is 0 Å². The zero-order valence-corrected chi connectivity index (χ0v) is 11.0. The molecule has 0 aliphatic carbocycles. The highest BCUT2D eigenvalue weighted by atomic mass is 16.2. The number of carbonyl (C=O) groups is 1. The zero-order chi connectivity index (χ0) is 12.3. The van der Waals surface area contributed by atoms with Gasteiger partial charge in [-0.3, -0.25) is 9.69 Å². The van der Waals surface area contributed by atoms with Gasteiger partial charge in [-0.05, 0) is 27.2 Å². The molecule has 4 heteroatoms. The molecule has 0 aromatic carbocycles. The summed E-state index contributed by atoms with van der Waals surface area (Å²) < 4.78 is 0. The van der Waals surface area contributed by atoms with Crippen LogP contribution in [0.5, 0.6) is 0 Å². The molecule has 1 fully saturated rings. The third-order valence-electron chi connectivity index (χ3n) is 3.30. The third-order valence-corrected chi connectivity index (χ3v) is 3.30. The van der Waals surface area contributed by atoms with E-state index < -0.39 is 0 Å². The first-order valence-electron chi connectivity index (χ1n) is 6.15. The maximum atomic E-state index is 11.9. The van der Waals surface area contributed by atoms with E-state index in [4.69, 9.17) is 5.73 Å². The molecule has 1 unspecified atom stereocenters. The molecule has 1 atom stereocenters. The number of nitrogens with two attached hydrogens (primary N) is 1. The quantitative estimate of drug-likeness (QED) is 0.754. The van der Waals surface area contributed by atoms with Crippen molar-refractivity contribution in [1.82, 2.24) is 9.80 Å². The molecule has 1 saturated heterocycles. The van der Waals surface area contributed by atoms with Crippen molar-refractivity contribution in [2.24, 2.45) is 5.73 Å². The van der Waals surface area contributed by atoms with Crippen LogP contribution in [0.3, 0.4) is 0 Å². The highest BCUT2D eigenvalue weighted by Crippen LogP contribution is 2.16. The van der Waals surface area contributed by atoms with Gasteiger partial charge >= 0.3 is 0 Å². The van der Waals surface area contributed by atoms with Crippen LogP contribution >= 0.6 is 0 Å². The molecule has 4 nitrogen and oxygen atoms in total. The predicted octanol–water partition coefficient (Wildman–Crippen LogP) is 0.666. The lowest BCUT2D eigenvalue weighted by atomic mass is 10.0. The Morgan fingerprint density at radius 3 is 2.12 bits per heavy atom. The molecule has 16 heavy (non-hydrogen) atoms. The van der Waals surface area contributed by atoms with Crippen molar-refractivity contribution in [1.29, 1.82) is 0 Å². The van der Waals surface area contributed by atoms with Gasteiger partial charge in [0.2, 0.25) is 5.91 Å². The van der Waals surface area contributed by atoms with E-state index in [-0.39, 0.29) is 17.5 Å². The Labute approximate surface area is 98.8 Å². The molecule has 1 heterocycles. The zero-order valence-electron chi connectivity index (χ0n) is 11.0. The molecule has 1 amide bonds. The molecular weight excluding hydrogens is 202 g/mol. The van der Waals surface area contributed by atoms with Crippen molar-refractivity contribution in [3.05, 3.63) is 0 Å². The number of nitrogens with zero attached hydrogens (tertiary/aromatic N) is 2. The molecule has 0 bridgehead atoms. The minimum absolute atomic E-state index is 0.107. The summed E-state index contributed by atoms with van der Waals surface area (Å²) in [6.45, 7) is 12.1. The fourth-order valence-electron chi connectivity index (χ4n) is 2.01. The normalized spacial score (nSPS) is 20.9. The molecule has 0 radical (unpaired) electrons. The van der Waals surface area contributed by atoms with Gasteiger partial charge in [0.05, 0.1) is 6.04 Å². The van der Waals surface area contributed by atoms with Crippen molar-refractivity contribution in [3.63, 3.8) is 0 Å². The van der Waals surface area contributed by atoms with Gasteiger partial charge < -0.3 is 10.6 Å². The molecular formula is C12H25N3O. The Kier molecular flexibility index (Phi) is 4.33. The van der Waals surface area contributed by atoms with Crippen LogP contribution in [0.15, 0.2) is 0 Å². The van der Waals surface area contributed by atoms with Crippen molar-refractivity contribution >= 4 is 5.91 Å². The van der Waals surface area contributed by atoms with Gasteiger partial charge in [-0.2, -0.15) is 0 Å². The summed E-state index contributed by atoms with van der Waals surface area (Å²) in [4.78, 5) is 16.2. The topological polar surface area (TPSA) is 49.6 Å². The lowest BCUT2D eigenvalue weighted by Gasteiger charge is -2.42. The van der Waals surface area contributed by atoms with Gasteiger partial charge in [0.15, 0.2) is 0 Å². The first-order chi connectivity index (χ1) is 7.36.